The highest BCUT2D eigenvalue weighted by Gasteiger charge is 2.25. The van der Waals surface area contributed by atoms with E-state index in [1.165, 1.54) is 0 Å². The number of carbonyl (C=O) groups excluding carboxylic acids is 1. The average molecular weight is 258 g/mol. The van der Waals surface area contributed by atoms with E-state index in [0.717, 1.165) is 23.2 Å². The van der Waals surface area contributed by atoms with Gasteiger partial charge in [-0.05, 0) is 18.1 Å². The Morgan fingerprint density at radius 3 is 3.05 bits per heavy atom. The van der Waals surface area contributed by atoms with Crippen molar-refractivity contribution in [2.45, 2.75) is 19.9 Å². The normalized spacial score (nSPS) is 13.7. The van der Waals surface area contributed by atoms with Crippen LogP contribution in [-0.2, 0) is 17.8 Å². The zero-order chi connectivity index (χ0) is 13.4. The number of rotatable bonds is 2. The number of nitrogens with zero attached hydrogens (tertiary/aromatic N) is 3. The molecule has 2 N–H and O–H groups in total. The molecule has 3 rings (SSSR count). The van der Waals surface area contributed by atoms with Crippen molar-refractivity contribution < 1.29 is 9.32 Å². The van der Waals surface area contributed by atoms with E-state index in [-0.39, 0.29) is 12.5 Å². The summed E-state index contributed by atoms with van der Waals surface area (Å²) in [5.74, 6) is 0.989. The SMILES string of the molecule is CC(=O)N1CCc2c(-c3noc(CN)n3)cccc21. The molecule has 0 fully saturated rings. The zero-order valence-corrected chi connectivity index (χ0v) is 10.6. The fraction of sp³-hybridized carbons (Fsp3) is 0.308. The first-order chi connectivity index (χ1) is 9.20. The van der Waals surface area contributed by atoms with Crippen LogP contribution in [0.5, 0.6) is 0 Å². The first-order valence-electron chi connectivity index (χ1n) is 6.13. The molecule has 19 heavy (non-hydrogen) atoms. The Labute approximate surface area is 110 Å². The maximum absolute atomic E-state index is 11.6. The van der Waals surface area contributed by atoms with Gasteiger partial charge < -0.3 is 15.2 Å². The van der Waals surface area contributed by atoms with Crippen molar-refractivity contribution >= 4 is 11.6 Å². The minimum Gasteiger partial charge on any atom is -0.338 e. The molecule has 98 valence electrons. The highest BCUT2D eigenvalue weighted by atomic mass is 16.5. The van der Waals surface area contributed by atoms with Crippen molar-refractivity contribution in [2.75, 3.05) is 11.4 Å². The first-order valence-corrected chi connectivity index (χ1v) is 6.13. The number of carbonyl (C=O) groups is 1. The van der Waals surface area contributed by atoms with Crippen LogP contribution in [0.3, 0.4) is 0 Å². The topological polar surface area (TPSA) is 85.2 Å². The molecule has 0 saturated carbocycles. The molecule has 1 aromatic heterocycles. The highest BCUT2D eigenvalue weighted by molar-refractivity contribution is 5.95. The van der Waals surface area contributed by atoms with Gasteiger partial charge in [0.1, 0.15) is 0 Å². The molecule has 2 aromatic rings. The second kappa shape index (κ2) is 4.47. The third-order valence-corrected chi connectivity index (χ3v) is 3.29. The van der Waals surface area contributed by atoms with Crippen LogP contribution in [0, 0.1) is 0 Å². The smallest absolute Gasteiger partial charge is 0.240 e. The van der Waals surface area contributed by atoms with E-state index in [1.807, 2.05) is 18.2 Å². The van der Waals surface area contributed by atoms with Gasteiger partial charge in [0.2, 0.25) is 17.6 Å². The van der Waals surface area contributed by atoms with Gasteiger partial charge >= 0.3 is 0 Å². The fourth-order valence-electron chi connectivity index (χ4n) is 2.42. The number of amides is 1. The van der Waals surface area contributed by atoms with Gasteiger partial charge in [-0.3, -0.25) is 4.79 Å². The van der Waals surface area contributed by atoms with Crippen LogP contribution in [-0.4, -0.2) is 22.6 Å². The Balaban J connectivity index is 2.07. The molecule has 6 heteroatoms. The van der Waals surface area contributed by atoms with Gasteiger partial charge in [0, 0.05) is 24.7 Å². The van der Waals surface area contributed by atoms with Gasteiger partial charge in [-0.2, -0.15) is 4.98 Å². The molecule has 1 aliphatic heterocycles. The first kappa shape index (κ1) is 11.9. The maximum atomic E-state index is 11.6. The number of anilines is 1. The van der Waals surface area contributed by atoms with Crippen molar-refractivity contribution in [1.82, 2.24) is 10.1 Å². The summed E-state index contributed by atoms with van der Waals surface area (Å²) in [7, 11) is 0. The van der Waals surface area contributed by atoms with Crippen molar-refractivity contribution in [1.29, 1.82) is 0 Å². The molecular weight excluding hydrogens is 244 g/mol. The fourth-order valence-corrected chi connectivity index (χ4v) is 2.42. The lowest BCUT2D eigenvalue weighted by Crippen LogP contribution is -2.25. The molecule has 0 radical (unpaired) electrons. The number of aromatic nitrogens is 2. The quantitative estimate of drug-likeness (QED) is 0.872. The molecule has 0 atom stereocenters. The van der Waals surface area contributed by atoms with Crippen molar-refractivity contribution in [3.63, 3.8) is 0 Å². The van der Waals surface area contributed by atoms with Gasteiger partial charge in [0.15, 0.2) is 0 Å². The van der Waals surface area contributed by atoms with E-state index in [0.29, 0.717) is 18.3 Å². The largest absolute Gasteiger partial charge is 0.338 e. The van der Waals surface area contributed by atoms with Crippen LogP contribution in [0.4, 0.5) is 5.69 Å². The summed E-state index contributed by atoms with van der Waals surface area (Å²) < 4.78 is 5.04. The second-order valence-corrected chi connectivity index (χ2v) is 4.44. The number of nitrogens with two attached hydrogens (primary N) is 1. The Morgan fingerprint density at radius 2 is 2.37 bits per heavy atom. The van der Waals surface area contributed by atoms with E-state index in [2.05, 4.69) is 10.1 Å². The molecular formula is C13H14N4O2. The lowest BCUT2D eigenvalue weighted by molar-refractivity contribution is -0.116. The summed E-state index contributed by atoms with van der Waals surface area (Å²) in [6.45, 7) is 2.49. The Morgan fingerprint density at radius 1 is 1.53 bits per heavy atom. The van der Waals surface area contributed by atoms with Crippen molar-refractivity contribution in [3.8, 4) is 11.4 Å². The third kappa shape index (κ3) is 1.90. The minimum atomic E-state index is 0.0478. The van der Waals surface area contributed by atoms with Crippen LogP contribution >= 0.6 is 0 Å². The standard InChI is InChI=1S/C13H14N4O2/c1-8(18)17-6-5-9-10(3-2-4-11(9)17)13-15-12(7-14)19-16-13/h2-4H,5-7,14H2,1H3. The van der Waals surface area contributed by atoms with Crippen LogP contribution < -0.4 is 10.6 Å². The van der Waals surface area contributed by atoms with Gasteiger partial charge in [-0.1, -0.05) is 17.3 Å². The molecule has 0 bridgehead atoms. The Hall–Kier alpha value is -2.21. The molecule has 1 aliphatic rings. The predicted octanol–water partition coefficient (Wildman–Crippen LogP) is 1.10. The van der Waals surface area contributed by atoms with Gasteiger partial charge in [-0.25, -0.2) is 0 Å². The Kier molecular flexibility index (Phi) is 2.79. The number of benzene rings is 1. The molecule has 0 unspecified atom stereocenters. The molecule has 0 aliphatic carbocycles. The van der Waals surface area contributed by atoms with Gasteiger partial charge in [0.25, 0.3) is 0 Å². The number of fused-ring (bicyclic) bond motifs is 1. The van der Waals surface area contributed by atoms with Gasteiger partial charge in [-0.15, -0.1) is 0 Å². The summed E-state index contributed by atoms with van der Waals surface area (Å²) in [6.07, 6.45) is 0.803. The lowest BCUT2D eigenvalue weighted by atomic mass is 10.0. The summed E-state index contributed by atoms with van der Waals surface area (Å²) in [5, 5.41) is 3.94. The van der Waals surface area contributed by atoms with Gasteiger partial charge in [0.05, 0.1) is 6.54 Å². The van der Waals surface area contributed by atoms with Crippen LogP contribution in [0.1, 0.15) is 18.4 Å². The number of hydrogen-bond donors (Lipinski definition) is 1. The van der Waals surface area contributed by atoms with Crippen molar-refractivity contribution in [3.05, 3.63) is 29.7 Å². The zero-order valence-electron chi connectivity index (χ0n) is 10.6. The van der Waals surface area contributed by atoms with E-state index in [4.69, 9.17) is 10.3 Å². The Bertz CT molecular complexity index is 635. The van der Waals surface area contributed by atoms with E-state index in [1.54, 1.807) is 11.8 Å². The summed E-state index contributed by atoms with van der Waals surface area (Å²) in [4.78, 5) is 17.6. The summed E-state index contributed by atoms with van der Waals surface area (Å²) in [5.41, 5.74) is 8.39. The van der Waals surface area contributed by atoms with E-state index in [9.17, 15) is 4.79 Å². The molecule has 6 nitrogen and oxygen atoms in total. The summed E-state index contributed by atoms with van der Waals surface area (Å²) in [6, 6.07) is 5.78. The molecule has 0 saturated heterocycles. The van der Waals surface area contributed by atoms with E-state index >= 15 is 0 Å². The molecule has 1 aromatic carbocycles. The molecule has 2 heterocycles. The average Bonchev–Trinajstić information content (AvgIpc) is 3.04. The van der Waals surface area contributed by atoms with Crippen LogP contribution in [0.15, 0.2) is 22.7 Å². The molecule has 0 spiro atoms. The summed E-state index contributed by atoms with van der Waals surface area (Å²) >= 11 is 0. The second-order valence-electron chi connectivity index (χ2n) is 4.44. The predicted molar refractivity (Wildman–Crippen MR) is 69.4 cm³/mol. The van der Waals surface area contributed by atoms with E-state index < -0.39 is 0 Å². The van der Waals surface area contributed by atoms with Crippen LogP contribution in [0.2, 0.25) is 0 Å². The molecule has 1 amide bonds. The maximum Gasteiger partial charge on any atom is 0.240 e. The third-order valence-electron chi connectivity index (χ3n) is 3.29. The van der Waals surface area contributed by atoms with Crippen molar-refractivity contribution in [2.24, 2.45) is 5.73 Å². The highest BCUT2D eigenvalue weighted by Crippen LogP contribution is 2.35. The monoisotopic (exact) mass is 258 g/mol. The van der Waals surface area contributed by atoms with Crippen LogP contribution in [0.25, 0.3) is 11.4 Å². The minimum absolute atomic E-state index is 0.0478. The lowest BCUT2D eigenvalue weighted by Gasteiger charge is -2.14. The number of hydrogen-bond acceptors (Lipinski definition) is 5.